The highest BCUT2D eigenvalue weighted by Gasteiger charge is 2.13. The minimum absolute atomic E-state index is 0.198. The first kappa shape index (κ1) is 18.5. The number of amides is 1. The van der Waals surface area contributed by atoms with E-state index in [1.165, 1.54) is 0 Å². The minimum atomic E-state index is -0.198. The van der Waals surface area contributed by atoms with Crippen LogP contribution in [0.2, 0.25) is 0 Å². The molecule has 0 radical (unpaired) electrons. The molecule has 1 aliphatic rings. The predicted octanol–water partition coefficient (Wildman–Crippen LogP) is 2.20. The number of H-pyrrole nitrogens is 1. The summed E-state index contributed by atoms with van der Waals surface area (Å²) in [6, 6.07) is 15.4. The van der Waals surface area contributed by atoms with Crippen LogP contribution in [-0.4, -0.2) is 60.5 Å². The van der Waals surface area contributed by atoms with Gasteiger partial charge in [0.25, 0.3) is 5.91 Å². The number of fused-ring (bicyclic) bond motifs is 1. The number of morpholine rings is 1. The van der Waals surface area contributed by atoms with Crippen molar-refractivity contribution in [1.82, 2.24) is 20.4 Å². The van der Waals surface area contributed by atoms with Gasteiger partial charge in [-0.05, 0) is 23.8 Å². The molecule has 0 bridgehead atoms. The molecule has 3 aromatic rings. The Morgan fingerprint density at radius 1 is 1.18 bits per heavy atom. The van der Waals surface area contributed by atoms with Crippen LogP contribution in [0.5, 0.6) is 5.75 Å². The van der Waals surface area contributed by atoms with E-state index in [-0.39, 0.29) is 5.91 Å². The maximum absolute atomic E-state index is 12.5. The van der Waals surface area contributed by atoms with E-state index < -0.39 is 0 Å². The fourth-order valence-electron chi connectivity index (χ4n) is 3.27. The molecule has 146 valence electrons. The second kappa shape index (κ2) is 8.86. The van der Waals surface area contributed by atoms with Gasteiger partial charge >= 0.3 is 0 Å². The molecule has 4 rings (SSSR count). The predicted molar refractivity (Wildman–Crippen MR) is 106 cm³/mol. The molecule has 2 heterocycles. The Hall–Kier alpha value is -2.90. The van der Waals surface area contributed by atoms with E-state index in [1.54, 1.807) is 0 Å². The number of aromatic nitrogens is 2. The number of carbonyl (C=O) groups is 1. The summed E-state index contributed by atoms with van der Waals surface area (Å²) in [6.07, 6.45) is 0. The number of hydrogen-bond donors (Lipinski definition) is 2. The van der Waals surface area contributed by atoms with Gasteiger partial charge in [0.05, 0.1) is 18.7 Å². The topological polar surface area (TPSA) is 79.5 Å². The third kappa shape index (κ3) is 4.49. The zero-order valence-electron chi connectivity index (χ0n) is 15.7. The summed E-state index contributed by atoms with van der Waals surface area (Å²) >= 11 is 0. The Labute approximate surface area is 163 Å². The monoisotopic (exact) mass is 380 g/mol. The van der Waals surface area contributed by atoms with Gasteiger partial charge < -0.3 is 14.8 Å². The molecular formula is C21H24N4O3. The average molecular weight is 380 g/mol. The number of hydrogen-bond acceptors (Lipinski definition) is 5. The highest BCUT2D eigenvalue weighted by atomic mass is 16.5. The molecule has 0 atom stereocenters. The van der Waals surface area contributed by atoms with Crippen LogP contribution in [0.4, 0.5) is 0 Å². The SMILES string of the molecule is O=C(NCc1cccc(OCCN2CCOCC2)c1)c1n[nH]c2ccccc12. The van der Waals surface area contributed by atoms with Crippen LogP contribution >= 0.6 is 0 Å². The molecule has 1 aliphatic heterocycles. The average Bonchev–Trinajstić information content (AvgIpc) is 3.17. The van der Waals surface area contributed by atoms with Crippen molar-refractivity contribution < 1.29 is 14.3 Å². The normalized spacial score (nSPS) is 14.9. The lowest BCUT2D eigenvalue weighted by Crippen LogP contribution is -2.38. The van der Waals surface area contributed by atoms with Gasteiger partial charge in [-0.3, -0.25) is 14.8 Å². The second-order valence-electron chi connectivity index (χ2n) is 6.75. The van der Waals surface area contributed by atoms with Crippen LogP contribution in [0.3, 0.4) is 0 Å². The van der Waals surface area contributed by atoms with Crippen LogP contribution < -0.4 is 10.1 Å². The summed E-state index contributed by atoms with van der Waals surface area (Å²) in [4.78, 5) is 14.8. The Balaban J connectivity index is 1.30. The third-order valence-corrected chi connectivity index (χ3v) is 4.82. The lowest BCUT2D eigenvalue weighted by atomic mass is 10.2. The van der Waals surface area contributed by atoms with E-state index in [1.807, 2.05) is 48.5 Å². The van der Waals surface area contributed by atoms with Crippen molar-refractivity contribution in [2.75, 3.05) is 39.5 Å². The number of aromatic amines is 1. The molecule has 1 saturated heterocycles. The molecule has 1 fully saturated rings. The van der Waals surface area contributed by atoms with E-state index in [0.717, 1.165) is 55.1 Å². The molecule has 28 heavy (non-hydrogen) atoms. The van der Waals surface area contributed by atoms with Crippen molar-refractivity contribution in [3.63, 3.8) is 0 Å². The molecule has 7 nitrogen and oxygen atoms in total. The summed E-state index contributed by atoms with van der Waals surface area (Å²) < 4.78 is 11.2. The van der Waals surface area contributed by atoms with Gasteiger partial charge in [0.2, 0.25) is 0 Å². The van der Waals surface area contributed by atoms with Gasteiger partial charge in [0.1, 0.15) is 12.4 Å². The van der Waals surface area contributed by atoms with Gasteiger partial charge in [-0.25, -0.2) is 0 Å². The van der Waals surface area contributed by atoms with Gasteiger partial charge in [-0.15, -0.1) is 0 Å². The van der Waals surface area contributed by atoms with E-state index >= 15 is 0 Å². The maximum atomic E-state index is 12.5. The number of nitrogens with zero attached hydrogens (tertiary/aromatic N) is 2. The van der Waals surface area contributed by atoms with Gasteiger partial charge in [0.15, 0.2) is 5.69 Å². The zero-order chi connectivity index (χ0) is 19.2. The molecule has 7 heteroatoms. The van der Waals surface area contributed by atoms with Crippen LogP contribution in [-0.2, 0) is 11.3 Å². The van der Waals surface area contributed by atoms with Crippen molar-refractivity contribution in [2.45, 2.75) is 6.54 Å². The summed E-state index contributed by atoms with van der Waals surface area (Å²) in [5, 5.41) is 10.8. The van der Waals surface area contributed by atoms with E-state index in [0.29, 0.717) is 18.8 Å². The third-order valence-electron chi connectivity index (χ3n) is 4.82. The first-order valence-corrected chi connectivity index (χ1v) is 9.53. The molecule has 2 N–H and O–H groups in total. The minimum Gasteiger partial charge on any atom is -0.492 e. The molecule has 0 spiro atoms. The number of para-hydroxylation sites is 1. The second-order valence-corrected chi connectivity index (χ2v) is 6.75. The Bertz CT molecular complexity index is 934. The summed E-state index contributed by atoms with van der Waals surface area (Å²) in [7, 11) is 0. The number of benzene rings is 2. The van der Waals surface area contributed by atoms with E-state index in [2.05, 4.69) is 20.4 Å². The van der Waals surface area contributed by atoms with Gasteiger partial charge in [0, 0.05) is 31.6 Å². The lowest BCUT2D eigenvalue weighted by Gasteiger charge is -2.26. The van der Waals surface area contributed by atoms with Crippen molar-refractivity contribution in [2.24, 2.45) is 0 Å². The van der Waals surface area contributed by atoms with Crippen LogP contribution in [0.25, 0.3) is 10.9 Å². The van der Waals surface area contributed by atoms with Gasteiger partial charge in [-0.2, -0.15) is 5.10 Å². The van der Waals surface area contributed by atoms with E-state index in [9.17, 15) is 4.79 Å². The first-order valence-electron chi connectivity index (χ1n) is 9.53. The van der Waals surface area contributed by atoms with E-state index in [4.69, 9.17) is 9.47 Å². The largest absolute Gasteiger partial charge is 0.492 e. The zero-order valence-corrected chi connectivity index (χ0v) is 15.7. The Morgan fingerprint density at radius 3 is 2.93 bits per heavy atom. The molecule has 0 saturated carbocycles. The molecule has 1 amide bonds. The summed E-state index contributed by atoms with van der Waals surface area (Å²) in [5.74, 6) is 0.612. The highest BCUT2D eigenvalue weighted by Crippen LogP contribution is 2.16. The standard InChI is InChI=1S/C21H24N4O3/c26-21(20-18-6-1-2-7-19(18)23-24-20)22-15-16-4-3-5-17(14-16)28-13-10-25-8-11-27-12-9-25/h1-7,14H,8-13,15H2,(H,22,26)(H,23,24). The first-order chi connectivity index (χ1) is 13.8. The Kier molecular flexibility index (Phi) is 5.84. The van der Waals surface area contributed by atoms with Crippen molar-refractivity contribution in [3.8, 4) is 5.75 Å². The van der Waals surface area contributed by atoms with Crippen LogP contribution in [0.15, 0.2) is 48.5 Å². The number of carbonyl (C=O) groups excluding carboxylic acids is 1. The lowest BCUT2D eigenvalue weighted by molar-refractivity contribution is 0.0322. The van der Waals surface area contributed by atoms with Crippen molar-refractivity contribution in [3.05, 3.63) is 59.8 Å². The summed E-state index contributed by atoms with van der Waals surface area (Å²) in [6.45, 7) is 5.43. The van der Waals surface area contributed by atoms with Gasteiger partial charge in [-0.1, -0.05) is 30.3 Å². The number of rotatable bonds is 7. The van der Waals surface area contributed by atoms with Crippen molar-refractivity contribution in [1.29, 1.82) is 0 Å². The maximum Gasteiger partial charge on any atom is 0.272 e. The molecule has 2 aromatic carbocycles. The Morgan fingerprint density at radius 2 is 2.04 bits per heavy atom. The molecule has 0 aliphatic carbocycles. The van der Waals surface area contributed by atoms with Crippen LogP contribution in [0.1, 0.15) is 16.1 Å². The molecule has 0 unspecified atom stereocenters. The molecular weight excluding hydrogens is 356 g/mol. The quantitative estimate of drug-likeness (QED) is 0.657. The summed E-state index contributed by atoms with van der Waals surface area (Å²) in [5.41, 5.74) is 2.24. The fourth-order valence-corrected chi connectivity index (χ4v) is 3.27. The molecule has 1 aromatic heterocycles. The number of ether oxygens (including phenoxy) is 2. The smallest absolute Gasteiger partial charge is 0.272 e. The number of nitrogens with one attached hydrogen (secondary N) is 2. The van der Waals surface area contributed by atoms with Crippen molar-refractivity contribution >= 4 is 16.8 Å². The van der Waals surface area contributed by atoms with Crippen LogP contribution in [0, 0.1) is 0 Å². The fraction of sp³-hybridized carbons (Fsp3) is 0.333. The highest BCUT2D eigenvalue weighted by molar-refractivity contribution is 6.04.